The molecule has 3 nitrogen and oxygen atoms in total. The van der Waals surface area contributed by atoms with Gasteiger partial charge in [-0.2, -0.15) is 0 Å². The van der Waals surface area contributed by atoms with Gasteiger partial charge in [-0.25, -0.2) is 0 Å². The maximum Gasteiger partial charge on any atom is 0.228 e. The third kappa shape index (κ3) is 1.97. The van der Waals surface area contributed by atoms with E-state index in [2.05, 4.69) is 0 Å². The van der Waals surface area contributed by atoms with Gasteiger partial charge in [0.2, 0.25) is 5.78 Å². The summed E-state index contributed by atoms with van der Waals surface area (Å²) >= 11 is 0. The molecule has 0 spiro atoms. The van der Waals surface area contributed by atoms with Crippen LogP contribution in [-0.4, -0.2) is 5.78 Å². The van der Waals surface area contributed by atoms with Crippen LogP contribution >= 0.6 is 0 Å². The van der Waals surface area contributed by atoms with E-state index in [0.29, 0.717) is 17.0 Å². The van der Waals surface area contributed by atoms with Gasteiger partial charge >= 0.3 is 0 Å². The van der Waals surface area contributed by atoms with Gasteiger partial charge in [0.25, 0.3) is 0 Å². The molecule has 2 aromatic carbocycles. The van der Waals surface area contributed by atoms with Crippen molar-refractivity contribution in [2.24, 2.45) is 0 Å². The van der Waals surface area contributed by atoms with Gasteiger partial charge in [-0.05, 0) is 43.7 Å². The third-order valence-electron chi connectivity index (χ3n) is 3.52. The van der Waals surface area contributed by atoms with Crippen LogP contribution in [0.4, 0.5) is 5.69 Å². The predicted octanol–water partition coefficient (Wildman–Crippen LogP) is 3.86. The van der Waals surface area contributed by atoms with Crippen molar-refractivity contribution in [3.8, 4) is 0 Å². The molecule has 3 rings (SSSR count). The zero-order chi connectivity index (χ0) is 14.3. The van der Waals surface area contributed by atoms with E-state index in [1.807, 2.05) is 32.0 Å². The van der Waals surface area contributed by atoms with Crippen molar-refractivity contribution in [2.45, 2.75) is 13.8 Å². The molecule has 1 heterocycles. The fraction of sp³-hybridized carbons (Fsp3) is 0.118. The van der Waals surface area contributed by atoms with Crippen LogP contribution in [0.2, 0.25) is 0 Å². The molecule has 0 unspecified atom stereocenters. The minimum absolute atomic E-state index is 0.136. The molecule has 3 heteroatoms. The van der Waals surface area contributed by atoms with Crippen molar-refractivity contribution in [3.63, 3.8) is 0 Å². The Labute approximate surface area is 117 Å². The monoisotopic (exact) mass is 265 g/mol. The Morgan fingerprint density at radius 2 is 1.90 bits per heavy atom. The number of benzene rings is 2. The molecule has 0 amide bonds. The smallest absolute Gasteiger partial charge is 0.228 e. The molecule has 0 atom stereocenters. The van der Waals surface area contributed by atoms with Crippen LogP contribution in [0.1, 0.15) is 27.2 Å². The van der Waals surface area contributed by atoms with Gasteiger partial charge < -0.3 is 10.2 Å². The standard InChI is InChI=1S/C17H15NO2/c1-10-6-7-15-12(8-10)9-16(20-15)17(19)13-4-3-5-14(18)11(13)2/h3-9H,18H2,1-2H3. The van der Waals surface area contributed by atoms with Crippen LogP contribution < -0.4 is 5.73 Å². The molecule has 2 N–H and O–H groups in total. The van der Waals surface area contributed by atoms with Crippen LogP contribution in [-0.2, 0) is 0 Å². The number of anilines is 1. The van der Waals surface area contributed by atoms with Crippen LogP contribution in [0, 0.1) is 13.8 Å². The Morgan fingerprint density at radius 1 is 1.10 bits per heavy atom. The lowest BCUT2D eigenvalue weighted by atomic mass is 10.0. The molecular formula is C17H15NO2. The highest BCUT2D eigenvalue weighted by Gasteiger charge is 2.17. The number of fused-ring (bicyclic) bond motifs is 1. The zero-order valence-corrected chi connectivity index (χ0v) is 11.4. The van der Waals surface area contributed by atoms with Crippen molar-refractivity contribution >= 4 is 22.4 Å². The third-order valence-corrected chi connectivity index (χ3v) is 3.52. The minimum Gasteiger partial charge on any atom is -0.453 e. The highest BCUT2D eigenvalue weighted by Crippen LogP contribution is 2.25. The normalized spacial score (nSPS) is 10.9. The Balaban J connectivity index is 2.10. The van der Waals surface area contributed by atoms with Crippen molar-refractivity contribution in [3.05, 3.63) is 64.9 Å². The first-order valence-corrected chi connectivity index (χ1v) is 6.46. The number of hydrogen-bond acceptors (Lipinski definition) is 3. The predicted molar refractivity (Wildman–Crippen MR) is 80.0 cm³/mol. The SMILES string of the molecule is Cc1ccc2oc(C(=O)c3cccc(N)c3C)cc2c1. The van der Waals surface area contributed by atoms with Gasteiger partial charge in [-0.3, -0.25) is 4.79 Å². The summed E-state index contributed by atoms with van der Waals surface area (Å²) in [5, 5.41) is 0.940. The summed E-state index contributed by atoms with van der Waals surface area (Å²) in [6, 6.07) is 13.0. The number of nitrogens with two attached hydrogens (primary N) is 1. The number of aryl methyl sites for hydroxylation is 1. The average molecular weight is 265 g/mol. The lowest BCUT2D eigenvalue weighted by Gasteiger charge is -2.05. The highest BCUT2D eigenvalue weighted by atomic mass is 16.3. The number of carbonyl (C=O) groups is 1. The second-order valence-corrected chi connectivity index (χ2v) is 5.00. The molecule has 0 radical (unpaired) electrons. The Kier molecular flexibility index (Phi) is 2.83. The van der Waals surface area contributed by atoms with Crippen molar-refractivity contribution in [1.82, 2.24) is 0 Å². The Hall–Kier alpha value is -2.55. The Bertz CT molecular complexity index is 815. The fourth-order valence-corrected chi connectivity index (χ4v) is 2.31. The minimum atomic E-state index is -0.136. The van der Waals surface area contributed by atoms with Crippen LogP contribution in [0.25, 0.3) is 11.0 Å². The van der Waals surface area contributed by atoms with Gasteiger partial charge in [-0.1, -0.05) is 23.8 Å². The maximum atomic E-state index is 12.5. The Morgan fingerprint density at radius 3 is 2.70 bits per heavy atom. The average Bonchev–Trinajstić information content (AvgIpc) is 2.84. The summed E-state index contributed by atoms with van der Waals surface area (Å²) in [6.45, 7) is 3.85. The van der Waals surface area contributed by atoms with Gasteiger partial charge in [0.15, 0.2) is 5.76 Å². The van der Waals surface area contributed by atoms with E-state index in [0.717, 1.165) is 22.1 Å². The number of nitrogen functional groups attached to an aromatic ring is 1. The van der Waals surface area contributed by atoms with E-state index in [-0.39, 0.29) is 5.78 Å². The van der Waals surface area contributed by atoms with E-state index in [4.69, 9.17) is 10.2 Å². The van der Waals surface area contributed by atoms with Gasteiger partial charge in [0, 0.05) is 16.6 Å². The molecule has 0 fully saturated rings. The fourth-order valence-electron chi connectivity index (χ4n) is 2.31. The first-order chi connectivity index (χ1) is 9.56. The van der Waals surface area contributed by atoms with Crippen molar-refractivity contribution < 1.29 is 9.21 Å². The molecule has 20 heavy (non-hydrogen) atoms. The second-order valence-electron chi connectivity index (χ2n) is 5.00. The second kappa shape index (κ2) is 4.53. The van der Waals surface area contributed by atoms with E-state index >= 15 is 0 Å². The molecule has 0 saturated heterocycles. The van der Waals surface area contributed by atoms with E-state index in [9.17, 15) is 4.79 Å². The molecule has 0 aliphatic carbocycles. The van der Waals surface area contributed by atoms with Gasteiger partial charge in [0.05, 0.1) is 0 Å². The summed E-state index contributed by atoms with van der Waals surface area (Å²) in [4.78, 5) is 12.5. The quantitative estimate of drug-likeness (QED) is 0.565. The highest BCUT2D eigenvalue weighted by molar-refractivity contribution is 6.10. The molecule has 0 aliphatic rings. The summed E-state index contributed by atoms with van der Waals surface area (Å²) in [5.41, 5.74) is 9.69. The lowest BCUT2D eigenvalue weighted by Crippen LogP contribution is -2.04. The van der Waals surface area contributed by atoms with Crippen molar-refractivity contribution in [1.29, 1.82) is 0 Å². The molecule has 1 aromatic heterocycles. The molecule has 100 valence electrons. The van der Waals surface area contributed by atoms with Crippen LogP contribution in [0.5, 0.6) is 0 Å². The molecule has 0 saturated carbocycles. The largest absolute Gasteiger partial charge is 0.453 e. The summed E-state index contributed by atoms with van der Waals surface area (Å²) < 4.78 is 5.64. The molecular weight excluding hydrogens is 250 g/mol. The molecule has 0 aliphatic heterocycles. The van der Waals surface area contributed by atoms with Crippen LogP contribution in [0.3, 0.4) is 0 Å². The summed E-state index contributed by atoms with van der Waals surface area (Å²) in [7, 11) is 0. The number of hydrogen-bond donors (Lipinski definition) is 1. The van der Waals surface area contributed by atoms with Gasteiger partial charge in [0.1, 0.15) is 5.58 Å². The summed E-state index contributed by atoms with van der Waals surface area (Å²) in [6.07, 6.45) is 0. The van der Waals surface area contributed by atoms with E-state index in [1.165, 1.54) is 0 Å². The van der Waals surface area contributed by atoms with Gasteiger partial charge in [-0.15, -0.1) is 0 Å². The maximum absolute atomic E-state index is 12.5. The number of furan rings is 1. The van der Waals surface area contributed by atoms with Crippen molar-refractivity contribution in [2.75, 3.05) is 5.73 Å². The summed E-state index contributed by atoms with van der Waals surface area (Å²) in [5.74, 6) is 0.211. The van der Waals surface area contributed by atoms with Crippen LogP contribution in [0.15, 0.2) is 46.9 Å². The first-order valence-electron chi connectivity index (χ1n) is 6.46. The van der Waals surface area contributed by atoms with E-state index < -0.39 is 0 Å². The topological polar surface area (TPSA) is 56.2 Å². The van der Waals surface area contributed by atoms with E-state index in [1.54, 1.807) is 24.3 Å². The molecule has 0 bridgehead atoms. The number of ketones is 1. The number of carbonyl (C=O) groups excluding carboxylic acids is 1. The zero-order valence-electron chi connectivity index (χ0n) is 11.4. The molecule has 3 aromatic rings. The number of rotatable bonds is 2. The first kappa shape index (κ1) is 12.5. The lowest BCUT2D eigenvalue weighted by molar-refractivity contribution is 0.101.